The number of carboxylic acid groups (broad SMARTS) is 1. The maximum absolute atomic E-state index is 12.3. The molecule has 3 atom stereocenters. The highest BCUT2D eigenvalue weighted by Gasteiger charge is 2.27. The van der Waals surface area contributed by atoms with Crippen LogP contribution in [0.2, 0.25) is 0 Å². The van der Waals surface area contributed by atoms with E-state index in [2.05, 4.69) is 12.2 Å². The summed E-state index contributed by atoms with van der Waals surface area (Å²) in [4.78, 5) is 25.1. The molecule has 0 spiro atoms. The molecule has 1 aliphatic carbocycles. The van der Waals surface area contributed by atoms with Crippen LogP contribution in [0.25, 0.3) is 0 Å². The average molecular weight is 294 g/mol. The van der Waals surface area contributed by atoms with Crippen LogP contribution in [0.5, 0.6) is 0 Å². The van der Waals surface area contributed by atoms with E-state index in [0.29, 0.717) is 6.42 Å². The van der Waals surface area contributed by atoms with Crippen LogP contribution < -0.4 is 5.32 Å². The van der Waals surface area contributed by atoms with Gasteiger partial charge in [0.05, 0.1) is 12.0 Å². The van der Waals surface area contributed by atoms with E-state index in [9.17, 15) is 9.59 Å². The van der Waals surface area contributed by atoms with Gasteiger partial charge >= 0.3 is 12.0 Å². The van der Waals surface area contributed by atoms with Crippen molar-refractivity contribution in [2.24, 2.45) is 11.8 Å². The normalized spacial score (nSPS) is 29.2. The molecule has 0 saturated carbocycles. The average Bonchev–Trinajstić information content (AvgIpc) is 2.78. The lowest BCUT2D eigenvalue weighted by Gasteiger charge is -2.23. The van der Waals surface area contributed by atoms with Crippen LogP contribution >= 0.6 is 0 Å². The van der Waals surface area contributed by atoms with E-state index in [1.54, 1.807) is 12.2 Å². The Kier molecular flexibility index (Phi) is 5.65. The van der Waals surface area contributed by atoms with Crippen molar-refractivity contribution in [3.8, 4) is 0 Å². The predicted molar refractivity (Wildman–Crippen MR) is 81.0 cm³/mol. The van der Waals surface area contributed by atoms with Crippen LogP contribution in [0, 0.1) is 11.8 Å². The maximum Gasteiger partial charge on any atom is 0.317 e. The lowest BCUT2D eigenvalue weighted by molar-refractivity contribution is -0.140. The number of carbonyl (C=O) groups excluding carboxylic acids is 1. The van der Waals surface area contributed by atoms with E-state index in [0.717, 1.165) is 31.8 Å². The molecule has 1 aliphatic heterocycles. The van der Waals surface area contributed by atoms with Crippen molar-refractivity contribution in [3.63, 3.8) is 0 Å². The quantitative estimate of drug-likeness (QED) is 0.783. The van der Waals surface area contributed by atoms with Crippen molar-refractivity contribution in [3.05, 3.63) is 12.2 Å². The molecule has 0 bridgehead atoms. The minimum absolute atomic E-state index is 0.0483. The van der Waals surface area contributed by atoms with Gasteiger partial charge in [0.2, 0.25) is 0 Å². The van der Waals surface area contributed by atoms with E-state index < -0.39 is 11.9 Å². The molecule has 0 aromatic heterocycles. The van der Waals surface area contributed by atoms with Gasteiger partial charge in [0, 0.05) is 13.1 Å². The lowest BCUT2D eigenvalue weighted by Crippen LogP contribution is -2.44. The van der Waals surface area contributed by atoms with Crippen molar-refractivity contribution >= 4 is 12.0 Å². The van der Waals surface area contributed by atoms with Crippen LogP contribution in [0.4, 0.5) is 4.79 Å². The number of hydrogen-bond acceptors (Lipinski definition) is 2. The van der Waals surface area contributed by atoms with Gasteiger partial charge in [-0.05, 0) is 31.6 Å². The van der Waals surface area contributed by atoms with E-state index in [1.165, 1.54) is 19.3 Å². The molecule has 0 aromatic carbocycles. The summed E-state index contributed by atoms with van der Waals surface area (Å²) in [7, 11) is 0. The second kappa shape index (κ2) is 7.48. The topological polar surface area (TPSA) is 69.6 Å². The molecular formula is C16H26N2O3. The van der Waals surface area contributed by atoms with Gasteiger partial charge in [0.25, 0.3) is 0 Å². The van der Waals surface area contributed by atoms with E-state index in [4.69, 9.17) is 5.11 Å². The van der Waals surface area contributed by atoms with Gasteiger partial charge in [0.15, 0.2) is 0 Å². The Balaban J connectivity index is 1.79. The second-order valence-corrected chi connectivity index (χ2v) is 6.19. The van der Waals surface area contributed by atoms with Crippen LogP contribution in [-0.2, 0) is 4.79 Å². The number of nitrogens with one attached hydrogen (secondary N) is 1. The van der Waals surface area contributed by atoms with Gasteiger partial charge in [0.1, 0.15) is 0 Å². The van der Waals surface area contributed by atoms with E-state index in [1.807, 2.05) is 4.90 Å². The highest BCUT2D eigenvalue weighted by molar-refractivity contribution is 5.76. The smallest absolute Gasteiger partial charge is 0.317 e. The zero-order valence-corrected chi connectivity index (χ0v) is 12.8. The number of carbonyl (C=O) groups is 2. The number of likely N-dealkylation sites (tertiary alicyclic amines) is 1. The van der Waals surface area contributed by atoms with Crippen molar-refractivity contribution in [2.75, 3.05) is 13.1 Å². The lowest BCUT2D eigenvalue weighted by atomic mass is 9.96. The molecule has 2 N–H and O–H groups in total. The molecule has 2 aliphatic rings. The Hall–Kier alpha value is -1.52. The molecule has 21 heavy (non-hydrogen) atoms. The Morgan fingerprint density at radius 3 is 2.76 bits per heavy atom. The molecule has 118 valence electrons. The third-order valence-electron chi connectivity index (χ3n) is 4.54. The standard InChI is InChI=1S/C16H26N2O3/c1-2-4-12-5-3-9-18(10-8-12)16(21)17-14-7-6-13(11-14)15(19)20/h6-7,12-14H,2-5,8-11H2,1H3,(H,17,21)(H,19,20). The summed E-state index contributed by atoms with van der Waals surface area (Å²) < 4.78 is 0. The first-order valence-corrected chi connectivity index (χ1v) is 8.06. The highest BCUT2D eigenvalue weighted by Crippen LogP contribution is 2.22. The summed E-state index contributed by atoms with van der Waals surface area (Å²) in [5.41, 5.74) is 0. The monoisotopic (exact) mass is 294 g/mol. The van der Waals surface area contributed by atoms with Crippen molar-refractivity contribution in [1.82, 2.24) is 10.2 Å². The van der Waals surface area contributed by atoms with Crippen molar-refractivity contribution in [1.29, 1.82) is 0 Å². The molecule has 2 rings (SSSR count). The molecule has 0 radical (unpaired) electrons. The molecule has 1 heterocycles. The van der Waals surface area contributed by atoms with Crippen molar-refractivity contribution < 1.29 is 14.7 Å². The zero-order valence-electron chi connectivity index (χ0n) is 12.8. The summed E-state index contributed by atoms with van der Waals surface area (Å²) in [5, 5.41) is 11.9. The number of nitrogens with zero attached hydrogens (tertiary/aromatic N) is 1. The Morgan fingerprint density at radius 1 is 1.29 bits per heavy atom. The SMILES string of the molecule is CCCC1CCCN(C(=O)NC2C=CC(C(=O)O)C2)CC1. The fourth-order valence-electron chi connectivity index (χ4n) is 3.30. The van der Waals surface area contributed by atoms with Gasteiger partial charge in [-0.3, -0.25) is 4.79 Å². The van der Waals surface area contributed by atoms with E-state index in [-0.39, 0.29) is 12.1 Å². The number of urea groups is 1. The number of carboxylic acids is 1. The predicted octanol–water partition coefficient (Wildman–Crippen LogP) is 2.63. The number of rotatable bonds is 4. The summed E-state index contributed by atoms with van der Waals surface area (Å²) in [6.07, 6.45) is 9.76. The van der Waals surface area contributed by atoms with Gasteiger partial charge in [-0.25, -0.2) is 4.79 Å². The van der Waals surface area contributed by atoms with Gasteiger partial charge in [-0.1, -0.05) is 31.9 Å². The minimum Gasteiger partial charge on any atom is -0.481 e. The first kappa shape index (κ1) is 15.9. The van der Waals surface area contributed by atoms with Crippen LogP contribution in [0.15, 0.2) is 12.2 Å². The van der Waals surface area contributed by atoms with Gasteiger partial charge in [-0.2, -0.15) is 0 Å². The summed E-state index contributed by atoms with van der Waals surface area (Å²) in [5.74, 6) is -0.538. The number of hydrogen-bond donors (Lipinski definition) is 2. The summed E-state index contributed by atoms with van der Waals surface area (Å²) in [6.45, 7) is 3.83. The fourth-order valence-corrected chi connectivity index (χ4v) is 3.30. The van der Waals surface area contributed by atoms with Crippen LogP contribution in [0.1, 0.15) is 45.4 Å². The Morgan fingerprint density at radius 2 is 2.10 bits per heavy atom. The van der Waals surface area contributed by atoms with Gasteiger partial charge in [-0.15, -0.1) is 0 Å². The van der Waals surface area contributed by atoms with Crippen molar-refractivity contribution in [2.45, 2.75) is 51.5 Å². The van der Waals surface area contributed by atoms with Gasteiger partial charge < -0.3 is 15.3 Å². The molecule has 0 aromatic rings. The first-order chi connectivity index (χ1) is 10.1. The largest absolute Gasteiger partial charge is 0.481 e. The molecular weight excluding hydrogens is 268 g/mol. The summed E-state index contributed by atoms with van der Waals surface area (Å²) >= 11 is 0. The van der Waals surface area contributed by atoms with Crippen LogP contribution in [-0.4, -0.2) is 41.1 Å². The zero-order chi connectivity index (χ0) is 15.2. The van der Waals surface area contributed by atoms with Crippen LogP contribution in [0.3, 0.4) is 0 Å². The Bertz CT molecular complexity index is 408. The number of amides is 2. The fraction of sp³-hybridized carbons (Fsp3) is 0.750. The number of aliphatic carboxylic acids is 1. The molecule has 5 nitrogen and oxygen atoms in total. The molecule has 5 heteroatoms. The molecule has 1 saturated heterocycles. The highest BCUT2D eigenvalue weighted by atomic mass is 16.4. The molecule has 3 unspecified atom stereocenters. The van der Waals surface area contributed by atoms with E-state index >= 15 is 0 Å². The molecule has 2 amide bonds. The Labute approximate surface area is 126 Å². The second-order valence-electron chi connectivity index (χ2n) is 6.19. The third kappa shape index (κ3) is 4.48. The summed E-state index contributed by atoms with van der Waals surface area (Å²) in [6, 6.07) is -0.193. The first-order valence-electron chi connectivity index (χ1n) is 8.06. The minimum atomic E-state index is -0.819. The maximum atomic E-state index is 12.3. The molecule has 1 fully saturated rings. The third-order valence-corrected chi connectivity index (χ3v) is 4.54.